The third-order valence-electron chi connectivity index (χ3n) is 3.99. The molecule has 140 valence electrons. The molecule has 0 aliphatic rings. The van der Waals surface area contributed by atoms with Gasteiger partial charge < -0.3 is 10.2 Å². The van der Waals surface area contributed by atoms with E-state index in [0.29, 0.717) is 23.7 Å². The number of halogens is 2. The molecule has 2 aromatic carbocycles. The molecule has 27 heavy (non-hydrogen) atoms. The number of nitrogens with one attached hydrogen (secondary N) is 1. The standard InChI is InChI=1S/C18H17F2N5O2/c1-3-25-16-7-4-11(8-15(16)22-23-25)18(27)24(2)10-17(26)21-14-6-5-12(19)9-13(14)20/h4-9H,3,10H2,1-2H3,(H,21,26). The molecular weight excluding hydrogens is 356 g/mol. The number of carbonyl (C=O) groups excluding carboxylic acids is 2. The molecule has 3 aromatic rings. The van der Waals surface area contributed by atoms with E-state index in [-0.39, 0.29) is 12.2 Å². The molecule has 2 amide bonds. The van der Waals surface area contributed by atoms with Crippen molar-refractivity contribution in [1.29, 1.82) is 0 Å². The second-order valence-electron chi connectivity index (χ2n) is 5.94. The van der Waals surface area contributed by atoms with Gasteiger partial charge in [0.2, 0.25) is 5.91 Å². The van der Waals surface area contributed by atoms with E-state index in [1.165, 1.54) is 11.9 Å². The molecule has 9 heteroatoms. The van der Waals surface area contributed by atoms with Gasteiger partial charge in [-0.05, 0) is 37.3 Å². The van der Waals surface area contributed by atoms with E-state index in [1.807, 2.05) is 6.92 Å². The molecule has 1 heterocycles. The number of anilines is 1. The van der Waals surface area contributed by atoms with Crippen molar-refractivity contribution in [3.63, 3.8) is 0 Å². The van der Waals surface area contributed by atoms with Crippen molar-refractivity contribution in [3.8, 4) is 0 Å². The highest BCUT2D eigenvalue weighted by atomic mass is 19.1. The van der Waals surface area contributed by atoms with Crippen molar-refractivity contribution >= 4 is 28.5 Å². The molecule has 0 bridgehead atoms. The number of carbonyl (C=O) groups is 2. The van der Waals surface area contributed by atoms with Crippen LogP contribution in [0.3, 0.4) is 0 Å². The van der Waals surface area contributed by atoms with E-state index in [0.717, 1.165) is 17.6 Å². The lowest BCUT2D eigenvalue weighted by Crippen LogP contribution is -2.35. The fraction of sp³-hybridized carbons (Fsp3) is 0.222. The van der Waals surface area contributed by atoms with Crippen LogP contribution in [0.25, 0.3) is 11.0 Å². The van der Waals surface area contributed by atoms with Gasteiger partial charge in [-0.2, -0.15) is 0 Å². The van der Waals surface area contributed by atoms with Gasteiger partial charge in [0.1, 0.15) is 17.2 Å². The van der Waals surface area contributed by atoms with E-state index in [9.17, 15) is 18.4 Å². The number of likely N-dealkylation sites (N-methyl/N-ethyl adjacent to an activating group) is 1. The van der Waals surface area contributed by atoms with Crippen molar-refractivity contribution in [2.45, 2.75) is 13.5 Å². The van der Waals surface area contributed by atoms with Crippen molar-refractivity contribution in [3.05, 3.63) is 53.6 Å². The summed E-state index contributed by atoms with van der Waals surface area (Å²) in [4.78, 5) is 25.8. The molecule has 0 aliphatic heterocycles. The Morgan fingerprint density at radius 2 is 1.96 bits per heavy atom. The first-order valence-corrected chi connectivity index (χ1v) is 8.22. The predicted octanol–water partition coefficient (Wildman–Crippen LogP) is 2.44. The fourth-order valence-corrected chi connectivity index (χ4v) is 2.63. The first kappa shape index (κ1) is 18.4. The lowest BCUT2D eigenvalue weighted by atomic mass is 10.1. The summed E-state index contributed by atoms with van der Waals surface area (Å²) in [5, 5.41) is 10.3. The number of hydrogen-bond donors (Lipinski definition) is 1. The monoisotopic (exact) mass is 373 g/mol. The first-order chi connectivity index (χ1) is 12.9. The van der Waals surface area contributed by atoms with E-state index >= 15 is 0 Å². The number of nitrogens with zero attached hydrogens (tertiary/aromatic N) is 4. The summed E-state index contributed by atoms with van der Waals surface area (Å²) in [6, 6.07) is 7.80. The van der Waals surface area contributed by atoms with Crippen LogP contribution in [-0.2, 0) is 11.3 Å². The average Bonchev–Trinajstić information content (AvgIpc) is 3.05. The molecule has 1 N–H and O–H groups in total. The van der Waals surface area contributed by atoms with Crippen LogP contribution in [0.1, 0.15) is 17.3 Å². The maximum absolute atomic E-state index is 13.6. The van der Waals surface area contributed by atoms with Gasteiger partial charge in [0.25, 0.3) is 5.91 Å². The number of hydrogen-bond acceptors (Lipinski definition) is 4. The number of benzene rings is 2. The number of aryl methyl sites for hydroxylation is 1. The Morgan fingerprint density at radius 3 is 2.67 bits per heavy atom. The lowest BCUT2D eigenvalue weighted by molar-refractivity contribution is -0.116. The Hall–Kier alpha value is -3.36. The van der Waals surface area contributed by atoms with Gasteiger partial charge in [0.05, 0.1) is 17.7 Å². The van der Waals surface area contributed by atoms with Crippen molar-refractivity contribution in [1.82, 2.24) is 19.9 Å². The number of amides is 2. The lowest BCUT2D eigenvalue weighted by Gasteiger charge is -2.17. The van der Waals surface area contributed by atoms with Gasteiger partial charge in [-0.15, -0.1) is 5.10 Å². The van der Waals surface area contributed by atoms with Crippen LogP contribution in [0, 0.1) is 11.6 Å². The third-order valence-corrected chi connectivity index (χ3v) is 3.99. The molecule has 7 nitrogen and oxygen atoms in total. The predicted molar refractivity (Wildman–Crippen MR) is 95.2 cm³/mol. The van der Waals surface area contributed by atoms with Crippen LogP contribution in [-0.4, -0.2) is 45.3 Å². The molecular formula is C18H17F2N5O2. The van der Waals surface area contributed by atoms with Crippen molar-refractivity contribution in [2.75, 3.05) is 18.9 Å². The molecule has 3 rings (SSSR count). The van der Waals surface area contributed by atoms with Crippen LogP contribution >= 0.6 is 0 Å². The molecule has 0 unspecified atom stereocenters. The summed E-state index contributed by atoms with van der Waals surface area (Å²) in [5.74, 6) is -2.62. The first-order valence-electron chi connectivity index (χ1n) is 8.22. The molecule has 0 fully saturated rings. The number of rotatable bonds is 5. The Bertz CT molecular complexity index is 1020. The second kappa shape index (κ2) is 7.48. The maximum atomic E-state index is 13.6. The van der Waals surface area contributed by atoms with Gasteiger partial charge in [0, 0.05) is 25.2 Å². The fourth-order valence-electron chi connectivity index (χ4n) is 2.63. The smallest absolute Gasteiger partial charge is 0.254 e. The van der Waals surface area contributed by atoms with E-state index in [2.05, 4.69) is 15.6 Å². The zero-order chi connectivity index (χ0) is 19.6. The van der Waals surface area contributed by atoms with Gasteiger partial charge in [-0.3, -0.25) is 9.59 Å². The third kappa shape index (κ3) is 3.91. The van der Waals surface area contributed by atoms with Crippen LogP contribution < -0.4 is 5.32 Å². The summed E-state index contributed by atoms with van der Waals surface area (Å²) in [6.45, 7) is 2.29. The summed E-state index contributed by atoms with van der Waals surface area (Å²) in [7, 11) is 1.45. The van der Waals surface area contributed by atoms with Gasteiger partial charge in [-0.25, -0.2) is 13.5 Å². The summed E-state index contributed by atoms with van der Waals surface area (Å²) in [6.07, 6.45) is 0. The van der Waals surface area contributed by atoms with E-state index in [4.69, 9.17) is 0 Å². The van der Waals surface area contributed by atoms with E-state index < -0.39 is 23.4 Å². The Kier molecular flexibility index (Phi) is 5.11. The minimum atomic E-state index is -0.887. The van der Waals surface area contributed by atoms with Gasteiger partial charge in [-0.1, -0.05) is 5.21 Å². The quantitative estimate of drug-likeness (QED) is 0.745. The van der Waals surface area contributed by atoms with Crippen molar-refractivity contribution < 1.29 is 18.4 Å². The zero-order valence-corrected chi connectivity index (χ0v) is 14.7. The Labute approximate surface area is 153 Å². The van der Waals surface area contributed by atoms with Gasteiger partial charge in [0.15, 0.2) is 0 Å². The largest absolute Gasteiger partial charge is 0.332 e. The molecule has 0 atom stereocenters. The topological polar surface area (TPSA) is 80.1 Å². The molecule has 0 saturated carbocycles. The normalized spacial score (nSPS) is 10.8. The molecule has 1 aromatic heterocycles. The summed E-state index contributed by atoms with van der Waals surface area (Å²) in [5.41, 5.74) is 1.59. The highest BCUT2D eigenvalue weighted by Crippen LogP contribution is 2.16. The second-order valence-corrected chi connectivity index (χ2v) is 5.94. The van der Waals surface area contributed by atoms with Crippen LogP contribution in [0.5, 0.6) is 0 Å². The van der Waals surface area contributed by atoms with Crippen LogP contribution in [0.4, 0.5) is 14.5 Å². The maximum Gasteiger partial charge on any atom is 0.254 e. The van der Waals surface area contributed by atoms with Gasteiger partial charge >= 0.3 is 0 Å². The van der Waals surface area contributed by atoms with Crippen molar-refractivity contribution in [2.24, 2.45) is 0 Å². The Balaban J connectivity index is 1.68. The highest BCUT2D eigenvalue weighted by Gasteiger charge is 2.17. The summed E-state index contributed by atoms with van der Waals surface area (Å²) < 4.78 is 28.2. The zero-order valence-electron chi connectivity index (χ0n) is 14.7. The molecule has 0 spiro atoms. The minimum Gasteiger partial charge on any atom is -0.332 e. The highest BCUT2D eigenvalue weighted by molar-refractivity contribution is 6.00. The van der Waals surface area contributed by atoms with Crippen LogP contribution in [0.2, 0.25) is 0 Å². The number of fused-ring (bicyclic) bond motifs is 1. The minimum absolute atomic E-state index is 0.153. The average molecular weight is 373 g/mol. The van der Waals surface area contributed by atoms with E-state index in [1.54, 1.807) is 22.9 Å². The SMILES string of the molecule is CCn1nnc2cc(C(=O)N(C)CC(=O)Nc3ccc(F)cc3F)ccc21. The summed E-state index contributed by atoms with van der Waals surface area (Å²) >= 11 is 0. The molecule has 0 saturated heterocycles. The Morgan fingerprint density at radius 1 is 1.19 bits per heavy atom. The molecule has 0 radical (unpaired) electrons. The molecule has 0 aliphatic carbocycles. The van der Waals surface area contributed by atoms with Crippen LogP contribution in [0.15, 0.2) is 36.4 Å². The number of aromatic nitrogens is 3.